The van der Waals surface area contributed by atoms with Crippen LogP contribution in [0.1, 0.15) is 19.4 Å². The normalized spacial score (nSPS) is 11.5. The van der Waals surface area contributed by atoms with E-state index in [-0.39, 0.29) is 5.54 Å². The van der Waals surface area contributed by atoms with E-state index in [9.17, 15) is 0 Å². The lowest BCUT2D eigenvalue weighted by atomic mass is 10.0. The molecule has 84 valence electrons. The second-order valence-electron chi connectivity index (χ2n) is 4.50. The van der Waals surface area contributed by atoms with Crippen molar-refractivity contribution in [2.45, 2.75) is 26.3 Å². The van der Waals surface area contributed by atoms with E-state index in [4.69, 9.17) is 11.6 Å². The fourth-order valence-corrected chi connectivity index (χ4v) is 1.84. The zero-order valence-electron chi connectivity index (χ0n) is 9.82. The van der Waals surface area contributed by atoms with E-state index in [1.165, 1.54) is 5.56 Å². The molecule has 1 aromatic carbocycles. The predicted molar refractivity (Wildman–Crippen MR) is 67.8 cm³/mol. The van der Waals surface area contributed by atoms with E-state index < -0.39 is 0 Å². The molecule has 0 radical (unpaired) electrons. The minimum atomic E-state index is 0.0351. The van der Waals surface area contributed by atoms with Crippen LogP contribution in [0.2, 0.25) is 5.02 Å². The molecule has 0 aromatic heterocycles. The highest BCUT2D eigenvalue weighted by Crippen LogP contribution is 2.22. The molecule has 0 aliphatic carbocycles. The lowest BCUT2D eigenvalue weighted by Crippen LogP contribution is -2.40. The number of hydrogen-bond donors (Lipinski definition) is 2. The van der Waals surface area contributed by atoms with Crippen LogP contribution in [0.15, 0.2) is 18.2 Å². The average Bonchev–Trinajstić information content (AvgIpc) is 2.09. The molecule has 0 fully saturated rings. The van der Waals surface area contributed by atoms with Gasteiger partial charge in [0, 0.05) is 22.8 Å². The Morgan fingerprint density at radius 2 is 2.00 bits per heavy atom. The molecule has 2 nitrogen and oxygen atoms in total. The molecule has 0 heterocycles. The number of nitrogens with one attached hydrogen (secondary N) is 2. The van der Waals surface area contributed by atoms with E-state index in [0.29, 0.717) is 0 Å². The van der Waals surface area contributed by atoms with E-state index in [0.717, 1.165) is 17.3 Å². The highest BCUT2D eigenvalue weighted by atomic mass is 35.5. The van der Waals surface area contributed by atoms with Crippen molar-refractivity contribution in [3.63, 3.8) is 0 Å². The summed E-state index contributed by atoms with van der Waals surface area (Å²) in [5.41, 5.74) is 2.35. The molecule has 0 spiro atoms. The van der Waals surface area contributed by atoms with Gasteiger partial charge in [-0.05, 0) is 51.6 Å². The van der Waals surface area contributed by atoms with Crippen molar-refractivity contribution in [3.05, 3.63) is 28.8 Å². The Morgan fingerprint density at radius 1 is 1.33 bits per heavy atom. The summed E-state index contributed by atoms with van der Waals surface area (Å²) in [4.78, 5) is 0. The Hall–Kier alpha value is -0.730. The lowest BCUT2D eigenvalue weighted by molar-refractivity contribution is 0.530. The third kappa shape index (κ3) is 3.73. The number of benzene rings is 1. The number of aryl methyl sites for hydroxylation is 1. The van der Waals surface area contributed by atoms with Crippen molar-refractivity contribution in [1.29, 1.82) is 0 Å². The van der Waals surface area contributed by atoms with Crippen molar-refractivity contribution < 1.29 is 0 Å². The summed E-state index contributed by atoms with van der Waals surface area (Å²) in [6.45, 7) is 7.30. The molecule has 3 heteroatoms. The molecular weight excluding hydrogens is 208 g/mol. The molecule has 0 aliphatic rings. The van der Waals surface area contributed by atoms with E-state index >= 15 is 0 Å². The molecule has 1 aromatic rings. The summed E-state index contributed by atoms with van der Waals surface area (Å²) in [5, 5.41) is 7.45. The van der Waals surface area contributed by atoms with Gasteiger partial charge < -0.3 is 10.6 Å². The van der Waals surface area contributed by atoms with Gasteiger partial charge in [-0.15, -0.1) is 0 Å². The van der Waals surface area contributed by atoms with Gasteiger partial charge in [-0.3, -0.25) is 0 Å². The van der Waals surface area contributed by atoms with Crippen LogP contribution in [0, 0.1) is 6.92 Å². The fraction of sp³-hybridized carbons (Fsp3) is 0.500. The van der Waals surface area contributed by atoms with Crippen LogP contribution in [-0.4, -0.2) is 19.1 Å². The van der Waals surface area contributed by atoms with Crippen LogP contribution >= 0.6 is 11.6 Å². The highest BCUT2D eigenvalue weighted by Gasteiger charge is 2.16. The van der Waals surface area contributed by atoms with Gasteiger partial charge in [0.05, 0.1) is 0 Å². The summed E-state index contributed by atoms with van der Waals surface area (Å²) < 4.78 is 0. The maximum atomic E-state index is 5.91. The smallest absolute Gasteiger partial charge is 0.0441 e. The SMILES string of the molecule is CNCC(C)(C)Nc1ccc(Cl)cc1C. The second kappa shape index (κ2) is 4.86. The Morgan fingerprint density at radius 3 is 2.53 bits per heavy atom. The van der Waals surface area contributed by atoms with Crippen LogP contribution in [0.4, 0.5) is 5.69 Å². The van der Waals surface area contributed by atoms with Gasteiger partial charge in [0.15, 0.2) is 0 Å². The predicted octanol–water partition coefficient (Wildman–Crippen LogP) is 3.06. The molecule has 1 rings (SSSR count). The zero-order valence-corrected chi connectivity index (χ0v) is 10.6. The Labute approximate surface area is 97.0 Å². The van der Waals surface area contributed by atoms with Gasteiger partial charge >= 0.3 is 0 Å². The van der Waals surface area contributed by atoms with Gasteiger partial charge in [-0.1, -0.05) is 11.6 Å². The van der Waals surface area contributed by atoms with E-state index in [1.54, 1.807) is 0 Å². The van der Waals surface area contributed by atoms with Gasteiger partial charge in [-0.2, -0.15) is 0 Å². The Balaban J connectivity index is 2.80. The second-order valence-corrected chi connectivity index (χ2v) is 4.93. The number of anilines is 1. The zero-order chi connectivity index (χ0) is 11.5. The maximum Gasteiger partial charge on any atom is 0.0441 e. The summed E-state index contributed by atoms with van der Waals surface area (Å²) in [6, 6.07) is 5.90. The van der Waals surface area contributed by atoms with Crippen LogP contribution in [0.3, 0.4) is 0 Å². The summed E-state index contributed by atoms with van der Waals surface area (Å²) in [7, 11) is 1.96. The average molecular weight is 227 g/mol. The molecule has 0 atom stereocenters. The monoisotopic (exact) mass is 226 g/mol. The van der Waals surface area contributed by atoms with Crippen LogP contribution in [0.5, 0.6) is 0 Å². The number of rotatable bonds is 4. The molecule has 0 saturated heterocycles. The largest absolute Gasteiger partial charge is 0.379 e. The fourth-order valence-electron chi connectivity index (χ4n) is 1.62. The number of likely N-dealkylation sites (N-methyl/N-ethyl adjacent to an activating group) is 1. The third-order valence-electron chi connectivity index (χ3n) is 2.28. The number of halogens is 1. The molecule has 0 unspecified atom stereocenters. The first-order chi connectivity index (χ1) is 6.94. The van der Waals surface area contributed by atoms with Crippen molar-refractivity contribution in [3.8, 4) is 0 Å². The van der Waals surface area contributed by atoms with E-state index in [2.05, 4.69) is 31.4 Å². The Bertz CT molecular complexity index is 334. The third-order valence-corrected chi connectivity index (χ3v) is 2.52. The van der Waals surface area contributed by atoms with Crippen molar-refractivity contribution in [2.24, 2.45) is 0 Å². The molecule has 0 amide bonds. The summed E-state index contributed by atoms with van der Waals surface area (Å²) in [6.07, 6.45) is 0. The van der Waals surface area contributed by atoms with Crippen molar-refractivity contribution in [1.82, 2.24) is 5.32 Å². The first-order valence-electron chi connectivity index (χ1n) is 5.13. The van der Waals surface area contributed by atoms with Gasteiger partial charge in [-0.25, -0.2) is 0 Å². The molecule has 2 N–H and O–H groups in total. The van der Waals surface area contributed by atoms with Gasteiger partial charge in [0.25, 0.3) is 0 Å². The summed E-state index contributed by atoms with van der Waals surface area (Å²) in [5.74, 6) is 0. The standard InChI is InChI=1S/C12H19ClN2/c1-9-7-10(13)5-6-11(9)15-12(2,3)8-14-4/h5-7,14-15H,8H2,1-4H3. The maximum absolute atomic E-state index is 5.91. The minimum Gasteiger partial charge on any atom is -0.379 e. The molecule has 0 bridgehead atoms. The van der Waals surface area contributed by atoms with Crippen molar-refractivity contribution in [2.75, 3.05) is 18.9 Å². The first kappa shape index (κ1) is 12.3. The minimum absolute atomic E-state index is 0.0351. The molecule has 0 aliphatic heterocycles. The van der Waals surface area contributed by atoms with E-state index in [1.807, 2.05) is 25.2 Å². The van der Waals surface area contributed by atoms with Crippen LogP contribution < -0.4 is 10.6 Å². The number of hydrogen-bond acceptors (Lipinski definition) is 2. The van der Waals surface area contributed by atoms with Gasteiger partial charge in [0.2, 0.25) is 0 Å². The molecule has 15 heavy (non-hydrogen) atoms. The van der Waals surface area contributed by atoms with Gasteiger partial charge in [0.1, 0.15) is 0 Å². The van der Waals surface area contributed by atoms with Crippen LogP contribution in [0.25, 0.3) is 0 Å². The Kier molecular flexibility index (Phi) is 4.00. The molecular formula is C12H19ClN2. The summed E-state index contributed by atoms with van der Waals surface area (Å²) >= 11 is 5.91. The highest BCUT2D eigenvalue weighted by molar-refractivity contribution is 6.30. The quantitative estimate of drug-likeness (QED) is 0.825. The topological polar surface area (TPSA) is 24.1 Å². The molecule has 0 saturated carbocycles. The first-order valence-corrected chi connectivity index (χ1v) is 5.51. The van der Waals surface area contributed by atoms with Crippen LogP contribution in [-0.2, 0) is 0 Å². The van der Waals surface area contributed by atoms with Crippen molar-refractivity contribution >= 4 is 17.3 Å². The lowest BCUT2D eigenvalue weighted by Gasteiger charge is -2.28.